The van der Waals surface area contributed by atoms with E-state index in [0.717, 1.165) is 23.8 Å². The summed E-state index contributed by atoms with van der Waals surface area (Å²) in [4.78, 5) is 12.7. The first-order chi connectivity index (χ1) is 15.2. The van der Waals surface area contributed by atoms with E-state index in [1.54, 1.807) is 12.1 Å². The van der Waals surface area contributed by atoms with Crippen LogP contribution in [0.1, 0.15) is 34.0 Å². The molecular weight excluding hydrogens is 443 g/mol. The molecule has 3 aromatic rings. The van der Waals surface area contributed by atoms with Crippen LogP contribution in [0.4, 0.5) is 18.9 Å². The number of benzene rings is 3. The van der Waals surface area contributed by atoms with E-state index < -0.39 is 17.6 Å². The van der Waals surface area contributed by atoms with Gasteiger partial charge in [-0.25, -0.2) is 0 Å². The van der Waals surface area contributed by atoms with Crippen LogP contribution in [-0.4, -0.2) is 12.5 Å². The SMILES string of the molecule is CCOc1ccc(C(=O)Nc2cc(C(F)(F)F)ccc2Cl)cc1COc1cccc(C)c1. The van der Waals surface area contributed by atoms with Gasteiger partial charge in [0, 0.05) is 11.1 Å². The maximum absolute atomic E-state index is 13.0. The Morgan fingerprint density at radius 2 is 1.81 bits per heavy atom. The second-order valence-electron chi connectivity index (χ2n) is 7.01. The molecule has 0 unspecified atom stereocenters. The molecule has 0 radical (unpaired) electrons. The van der Waals surface area contributed by atoms with Gasteiger partial charge in [0.15, 0.2) is 0 Å². The topological polar surface area (TPSA) is 47.6 Å². The van der Waals surface area contributed by atoms with Gasteiger partial charge in [-0.3, -0.25) is 4.79 Å². The molecule has 0 saturated carbocycles. The highest BCUT2D eigenvalue weighted by atomic mass is 35.5. The lowest BCUT2D eigenvalue weighted by Crippen LogP contribution is -2.14. The summed E-state index contributed by atoms with van der Waals surface area (Å²) in [6, 6.07) is 15.0. The lowest BCUT2D eigenvalue weighted by atomic mass is 10.1. The number of hydrogen-bond acceptors (Lipinski definition) is 3. The molecule has 32 heavy (non-hydrogen) atoms. The second kappa shape index (κ2) is 9.96. The molecule has 8 heteroatoms. The molecule has 3 rings (SSSR count). The van der Waals surface area contributed by atoms with Gasteiger partial charge in [-0.1, -0.05) is 23.7 Å². The van der Waals surface area contributed by atoms with E-state index in [1.807, 2.05) is 38.1 Å². The lowest BCUT2D eigenvalue weighted by molar-refractivity contribution is -0.137. The van der Waals surface area contributed by atoms with Crippen molar-refractivity contribution in [3.63, 3.8) is 0 Å². The zero-order valence-corrected chi connectivity index (χ0v) is 18.2. The molecule has 1 amide bonds. The van der Waals surface area contributed by atoms with E-state index in [4.69, 9.17) is 21.1 Å². The number of aryl methyl sites for hydroxylation is 1. The van der Waals surface area contributed by atoms with E-state index in [-0.39, 0.29) is 22.9 Å². The van der Waals surface area contributed by atoms with Crippen LogP contribution >= 0.6 is 11.6 Å². The Balaban J connectivity index is 1.83. The predicted molar refractivity (Wildman–Crippen MR) is 118 cm³/mol. The van der Waals surface area contributed by atoms with Gasteiger partial charge in [0.2, 0.25) is 0 Å². The van der Waals surface area contributed by atoms with Crippen molar-refractivity contribution in [2.24, 2.45) is 0 Å². The molecule has 0 aliphatic rings. The predicted octanol–water partition coefficient (Wildman–Crippen LogP) is 6.90. The Hall–Kier alpha value is -3.19. The number of hydrogen-bond donors (Lipinski definition) is 1. The van der Waals surface area contributed by atoms with Crippen molar-refractivity contribution in [2.75, 3.05) is 11.9 Å². The van der Waals surface area contributed by atoms with Gasteiger partial charge in [-0.15, -0.1) is 0 Å². The van der Waals surface area contributed by atoms with Gasteiger partial charge in [-0.05, 0) is 67.9 Å². The third kappa shape index (κ3) is 5.95. The first kappa shape index (κ1) is 23.5. The molecule has 3 aromatic carbocycles. The summed E-state index contributed by atoms with van der Waals surface area (Å²) in [7, 11) is 0. The molecule has 1 N–H and O–H groups in total. The fourth-order valence-electron chi connectivity index (χ4n) is 2.99. The average Bonchev–Trinajstić information content (AvgIpc) is 2.74. The number of amides is 1. The minimum Gasteiger partial charge on any atom is -0.493 e. The summed E-state index contributed by atoms with van der Waals surface area (Å²) in [5.74, 6) is 0.609. The number of carbonyl (C=O) groups is 1. The Morgan fingerprint density at radius 1 is 1.03 bits per heavy atom. The van der Waals surface area contributed by atoms with Crippen LogP contribution in [-0.2, 0) is 12.8 Å². The average molecular weight is 464 g/mol. The summed E-state index contributed by atoms with van der Waals surface area (Å²) in [6.07, 6.45) is -4.55. The molecule has 0 aromatic heterocycles. The number of anilines is 1. The highest BCUT2D eigenvalue weighted by Crippen LogP contribution is 2.34. The Morgan fingerprint density at radius 3 is 2.50 bits per heavy atom. The quantitative estimate of drug-likeness (QED) is 0.414. The van der Waals surface area contributed by atoms with Crippen molar-refractivity contribution in [1.29, 1.82) is 0 Å². The standard InChI is InChI=1S/C24H21ClF3NO3/c1-3-31-22-10-7-16(12-17(22)14-32-19-6-4-5-15(2)11-19)23(30)29-21-13-18(24(26,27)28)8-9-20(21)25/h4-13H,3,14H2,1-2H3,(H,29,30). The van der Waals surface area contributed by atoms with Crippen LogP contribution in [0.5, 0.6) is 11.5 Å². The maximum Gasteiger partial charge on any atom is 0.416 e. The molecule has 0 aliphatic heterocycles. The zero-order valence-electron chi connectivity index (χ0n) is 17.4. The summed E-state index contributed by atoms with van der Waals surface area (Å²) in [6.45, 7) is 4.34. The van der Waals surface area contributed by atoms with Gasteiger partial charge in [-0.2, -0.15) is 13.2 Å². The fraction of sp³-hybridized carbons (Fsp3) is 0.208. The van der Waals surface area contributed by atoms with Crippen molar-refractivity contribution in [3.8, 4) is 11.5 Å². The van der Waals surface area contributed by atoms with Gasteiger partial charge >= 0.3 is 6.18 Å². The molecule has 0 bridgehead atoms. The van der Waals surface area contributed by atoms with Crippen LogP contribution in [0.25, 0.3) is 0 Å². The maximum atomic E-state index is 13.0. The monoisotopic (exact) mass is 463 g/mol. The normalized spacial score (nSPS) is 11.2. The molecule has 0 spiro atoms. The third-order valence-electron chi connectivity index (χ3n) is 4.55. The van der Waals surface area contributed by atoms with Crippen molar-refractivity contribution in [2.45, 2.75) is 26.6 Å². The summed E-state index contributed by atoms with van der Waals surface area (Å²) in [5, 5.41) is 2.45. The molecule has 4 nitrogen and oxygen atoms in total. The number of rotatable bonds is 7. The molecule has 168 valence electrons. The van der Waals surface area contributed by atoms with Crippen LogP contribution < -0.4 is 14.8 Å². The molecule has 0 aliphatic carbocycles. The molecular formula is C24H21ClF3NO3. The molecule has 0 saturated heterocycles. The smallest absolute Gasteiger partial charge is 0.416 e. The van der Waals surface area contributed by atoms with Crippen LogP contribution in [0, 0.1) is 6.92 Å². The van der Waals surface area contributed by atoms with E-state index in [1.165, 1.54) is 6.07 Å². The summed E-state index contributed by atoms with van der Waals surface area (Å²) in [5.41, 5.74) is 0.855. The Labute approximate surface area is 188 Å². The lowest BCUT2D eigenvalue weighted by Gasteiger charge is -2.15. The van der Waals surface area contributed by atoms with Crippen LogP contribution in [0.3, 0.4) is 0 Å². The number of carbonyl (C=O) groups excluding carboxylic acids is 1. The third-order valence-corrected chi connectivity index (χ3v) is 4.88. The van der Waals surface area contributed by atoms with Crippen LogP contribution in [0.2, 0.25) is 5.02 Å². The van der Waals surface area contributed by atoms with Gasteiger partial charge in [0.25, 0.3) is 5.91 Å². The van der Waals surface area contributed by atoms with Crippen molar-refractivity contribution >= 4 is 23.2 Å². The summed E-state index contributed by atoms with van der Waals surface area (Å²) >= 11 is 5.98. The van der Waals surface area contributed by atoms with E-state index in [2.05, 4.69) is 5.32 Å². The van der Waals surface area contributed by atoms with E-state index in [9.17, 15) is 18.0 Å². The van der Waals surface area contributed by atoms with Crippen LogP contribution in [0.15, 0.2) is 60.7 Å². The van der Waals surface area contributed by atoms with Gasteiger partial charge in [0.05, 0.1) is 22.9 Å². The summed E-state index contributed by atoms with van der Waals surface area (Å²) < 4.78 is 50.4. The number of ether oxygens (including phenoxy) is 2. The van der Waals surface area contributed by atoms with Crippen molar-refractivity contribution < 1.29 is 27.4 Å². The van der Waals surface area contributed by atoms with E-state index >= 15 is 0 Å². The van der Waals surface area contributed by atoms with Gasteiger partial charge < -0.3 is 14.8 Å². The molecule has 0 atom stereocenters. The minimum absolute atomic E-state index is 0.000269. The minimum atomic E-state index is -4.55. The number of alkyl halides is 3. The molecule has 0 fully saturated rings. The Kier molecular flexibility index (Phi) is 7.30. The first-order valence-corrected chi connectivity index (χ1v) is 10.2. The zero-order chi connectivity index (χ0) is 23.3. The highest BCUT2D eigenvalue weighted by molar-refractivity contribution is 6.34. The first-order valence-electron chi connectivity index (χ1n) is 9.80. The van der Waals surface area contributed by atoms with Gasteiger partial charge in [0.1, 0.15) is 18.1 Å². The van der Waals surface area contributed by atoms with Crippen molar-refractivity contribution in [1.82, 2.24) is 0 Å². The van der Waals surface area contributed by atoms with Crippen molar-refractivity contribution in [3.05, 3.63) is 87.9 Å². The number of nitrogens with one attached hydrogen (secondary N) is 1. The number of halogens is 4. The van der Waals surface area contributed by atoms with E-state index in [0.29, 0.717) is 23.7 Å². The highest BCUT2D eigenvalue weighted by Gasteiger charge is 2.31. The fourth-order valence-corrected chi connectivity index (χ4v) is 3.15. The molecule has 0 heterocycles. The largest absolute Gasteiger partial charge is 0.493 e. The Bertz CT molecular complexity index is 1120. The second-order valence-corrected chi connectivity index (χ2v) is 7.41.